The lowest BCUT2D eigenvalue weighted by Gasteiger charge is -2.15. The van der Waals surface area contributed by atoms with Crippen LogP contribution in [0.1, 0.15) is 27.0 Å². The van der Waals surface area contributed by atoms with Gasteiger partial charge < -0.3 is 14.2 Å². The van der Waals surface area contributed by atoms with E-state index in [0.29, 0.717) is 38.2 Å². The molecule has 6 rings (SSSR count). The molecule has 0 unspecified atom stereocenters. The Balaban J connectivity index is 1.69. The van der Waals surface area contributed by atoms with Gasteiger partial charge in [-0.2, -0.15) is 4.57 Å². The number of methoxy groups -OCH3 is 3. The Morgan fingerprint density at radius 3 is 2.09 bits per heavy atom. The molecule has 0 radical (unpaired) electrons. The summed E-state index contributed by atoms with van der Waals surface area (Å²) in [6.45, 7) is 0. The highest BCUT2D eigenvalue weighted by atomic mass is 19.1. The molecule has 6 aromatic rings. The molecule has 8 heteroatoms. The lowest BCUT2D eigenvalue weighted by molar-refractivity contribution is -0.548. The minimum Gasteiger partial charge on any atom is -0.490 e. The molecule has 0 atom stereocenters. The lowest BCUT2D eigenvalue weighted by Crippen LogP contribution is -2.39. The van der Waals surface area contributed by atoms with Crippen LogP contribution < -0.4 is 4.57 Å². The summed E-state index contributed by atoms with van der Waals surface area (Å²) in [5, 5.41) is 3.27. The molecule has 0 aliphatic carbocycles. The molecule has 0 N–H and O–H groups in total. The van der Waals surface area contributed by atoms with Crippen LogP contribution >= 0.6 is 0 Å². The third-order valence-electron chi connectivity index (χ3n) is 7.90. The van der Waals surface area contributed by atoms with Crippen LogP contribution in [0, 0.1) is 5.82 Å². The van der Waals surface area contributed by atoms with Crippen LogP contribution in [-0.2, 0) is 23.8 Å². The van der Waals surface area contributed by atoms with E-state index >= 15 is 0 Å². The molecule has 0 saturated carbocycles. The molecule has 0 aliphatic heterocycles. The number of pyridine rings is 1. The summed E-state index contributed by atoms with van der Waals surface area (Å²) in [4.78, 5) is 40.5. The summed E-state index contributed by atoms with van der Waals surface area (Å²) >= 11 is 0. The first-order valence-electron chi connectivity index (χ1n) is 14.3. The van der Waals surface area contributed by atoms with Gasteiger partial charge in [-0.3, -0.25) is 4.79 Å². The van der Waals surface area contributed by atoms with Crippen molar-refractivity contribution in [3.05, 3.63) is 131 Å². The number of fused-ring (bicyclic) bond motifs is 4. The fourth-order valence-corrected chi connectivity index (χ4v) is 5.85. The maximum Gasteiger partial charge on any atom is 0.379 e. The van der Waals surface area contributed by atoms with Gasteiger partial charge in [-0.1, -0.05) is 106 Å². The third-order valence-corrected chi connectivity index (χ3v) is 7.90. The molecular formula is C38H28FNO6. The van der Waals surface area contributed by atoms with Crippen LogP contribution in [0.4, 0.5) is 4.39 Å². The van der Waals surface area contributed by atoms with Crippen molar-refractivity contribution in [2.24, 2.45) is 0 Å². The van der Waals surface area contributed by atoms with Crippen LogP contribution in [-0.4, -0.2) is 39.2 Å². The first-order chi connectivity index (χ1) is 22.4. The van der Waals surface area contributed by atoms with Gasteiger partial charge in [-0.05, 0) is 29.3 Å². The van der Waals surface area contributed by atoms with Gasteiger partial charge in [0.05, 0.1) is 32.3 Å². The average Bonchev–Trinajstić information content (AvgIpc) is 3.43. The van der Waals surface area contributed by atoms with Crippen molar-refractivity contribution in [2.45, 2.75) is 0 Å². The topological polar surface area (TPSA) is 82.8 Å². The largest absolute Gasteiger partial charge is 0.490 e. The molecule has 228 valence electrons. The summed E-state index contributed by atoms with van der Waals surface area (Å²) in [5.41, 5.74) is 2.88. The van der Waals surface area contributed by atoms with Crippen molar-refractivity contribution >= 4 is 73.8 Å². The van der Waals surface area contributed by atoms with Crippen LogP contribution in [0.3, 0.4) is 0 Å². The second kappa shape index (κ2) is 12.5. The number of hydrogen-bond donors (Lipinski definition) is 0. The Bertz CT molecular complexity index is 2230. The van der Waals surface area contributed by atoms with E-state index in [1.165, 1.54) is 33.5 Å². The number of benzene rings is 4. The van der Waals surface area contributed by atoms with Gasteiger partial charge in [0, 0.05) is 17.7 Å². The second-order valence-electron chi connectivity index (χ2n) is 10.4. The molecule has 7 nitrogen and oxygen atoms in total. The van der Waals surface area contributed by atoms with Gasteiger partial charge >= 0.3 is 11.9 Å². The maximum absolute atomic E-state index is 13.9. The molecule has 0 saturated heterocycles. The van der Waals surface area contributed by atoms with Crippen LogP contribution in [0.25, 0.3) is 55.9 Å². The van der Waals surface area contributed by atoms with E-state index in [4.69, 9.17) is 14.2 Å². The normalized spacial score (nSPS) is 12.0. The molecule has 1 aromatic heterocycles. The SMILES string of the molecule is COC(=O)/C(=C(/C(=O)OC)[n+]1ccc(/C=C/c2ccc(F)cc2)c2ccccc21)[c-]1c2ccccc2c2c(C(=O)OC)cccc21. The van der Waals surface area contributed by atoms with Gasteiger partial charge in [-0.25, -0.2) is 14.0 Å². The Kier molecular flexibility index (Phi) is 8.18. The maximum atomic E-state index is 13.9. The standard InChI is InChI=1S/C38H28FNO6/c1-44-36(41)30-13-8-12-29-32(30)27-10-4-5-11-28(27)33(29)34(37(42)45-2)35(38(43)46-3)40-22-21-24(26-9-6-7-14-31(26)40)18-15-23-16-19-25(39)20-17-23/h4-22H,1-3H3/b18-15+,35-34-. The van der Waals surface area contributed by atoms with E-state index in [1.807, 2.05) is 66.7 Å². The fraction of sp³-hybridized carbons (Fsp3) is 0.0789. The molecular weight excluding hydrogens is 585 g/mol. The van der Waals surface area contributed by atoms with Crippen molar-refractivity contribution in [1.29, 1.82) is 0 Å². The first-order valence-corrected chi connectivity index (χ1v) is 14.3. The minimum absolute atomic E-state index is 0.0349. The zero-order valence-electron chi connectivity index (χ0n) is 25.2. The average molecular weight is 614 g/mol. The van der Waals surface area contributed by atoms with Crippen molar-refractivity contribution in [3.8, 4) is 0 Å². The first kappa shape index (κ1) is 30.0. The number of rotatable bonds is 7. The van der Waals surface area contributed by atoms with E-state index in [-0.39, 0.29) is 17.1 Å². The summed E-state index contributed by atoms with van der Waals surface area (Å²) in [6, 6.07) is 27.9. The van der Waals surface area contributed by atoms with Crippen LogP contribution in [0.15, 0.2) is 103 Å². The summed E-state index contributed by atoms with van der Waals surface area (Å²) in [5.74, 6) is -2.39. The van der Waals surface area contributed by atoms with Gasteiger partial charge in [-0.15, -0.1) is 0 Å². The van der Waals surface area contributed by atoms with Crippen molar-refractivity contribution < 1.29 is 37.6 Å². The highest BCUT2D eigenvalue weighted by Crippen LogP contribution is 2.41. The predicted octanol–water partition coefficient (Wildman–Crippen LogP) is 6.96. The zero-order valence-corrected chi connectivity index (χ0v) is 25.2. The van der Waals surface area contributed by atoms with Crippen LogP contribution in [0.2, 0.25) is 0 Å². The molecule has 5 aromatic carbocycles. The van der Waals surface area contributed by atoms with Crippen molar-refractivity contribution in [2.75, 3.05) is 21.3 Å². The molecule has 0 spiro atoms. The molecule has 0 amide bonds. The van der Waals surface area contributed by atoms with E-state index in [9.17, 15) is 18.8 Å². The monoisotopic (exact) mass is 613 g/mol. The van der Waals surface area contributed by atoms with Gasteiger partial charge in [0.25, 0.3) is 11.7 Å². The number of hydrogen-bond acceptors (Lipinski definition) is 6. The zero-order chi connectivity index (χ0) is 32.4. The Morgan fingerprint density at radius 2 is 1.37 bits per heavy atom. The fourth-order valence-electron chi connectivity index (χ4n) is 5.85. The van der Waals surface area contributed by atoms with Crippen LogP contribution in [0.5, 0.6) is 0 Å². The second-order valence-corrected chi connectivity index (χ2v) is 10.4. The van der Waals surface area contributed by atoms with Gasteiger partial charge in [0.15, 0.2) is 6.20 Å². The smallest absolute Gasteiger partial charge is 0.379 e. The van der Waals surface area contributed by atoms with Crippen molar-refractivity contribution in [3.63, 3.8) is 0 Å². The van der Waals surface area contributed by atoms with E-state index in [1.54, 1.807) is 41.1 Å². The van der Waals surface area contributed by atoms with E-state index < -0.39 is 17.9 Å². The quantitative estimate of drug-likeness (QED) is 0.0637. The number of ether oxygens (including phenoxy) is 3. The molecule has 0 fully saturated rings. The highest BCUT2D eigenvalue weighted by molar-refractivity contribution is 6.39. The predicted molar refractivity (Wildman–Crippen MR) is 175 cm³/mol. The minimum atomic E-state index is -0.771. The number of carbonyl (C=O) groups is 3. The lowest BCUT2D eigenvalue weighted by atomic mass is 9.98. The Hall–Kier alpha value is -6.02. The summed E-state index contributed by atoms with van der Waals surface area (Å²) in [7, 11) is 3.80. The van der Waals surface area contributed by atoms with E-state index in [0.717, 1.165) is 16.5 Å². The molecule has 0 aliphatic rings. The van der Waals surface area contributed by atoms with Crippen molar-refractivity contribution in [1.82, 2.24) is 0 Å². The number of para-hydroxylation sites is 1. The number of aromatic nitrogens is 1. The van der Waals surface area contributed by atoms with Gasteiger partial charge in [0.2, 0.25) is 5.52 Å². The van der Waals surface area contributed by atoms with Gasteiger partial charge in [0.1, 0.15) is 5.82 Å². The highest BCUT2D eigenvalue weighted by Gasteiger charge is 2.32. The summed E-state index contributed by atoms with van der Waals surface area (Å²) in [6.07, 6.45) is 5.45. The van der Waals surface area contributed by atoms with E-state index in [2.05, 4.69) is 0 Å². The Morgan fingerprint density at radius 1 is 0.696 bits per heavy atom. The molecule has 46 heavy (non-hydrogen) atoms. The molecule has 1 heterocycles. The summed E-state index contributed by atoms with van der Waals surface area (Å²) < 4.78 is 30.7. The number of halogens is 1. The number of carbonyl (C=O) groups excluding carboxylic acids is 3. The number of nitrogens with zero attached hydrogens (tertiary/aromatic N) is 1. The third kappa shape index (κ3) is 5.20. The number of esters is 3. The Labute approximate surface area is 263 Å². The molecule has 0 bridgehead atoms.